The van der Waals surface area contributed by atoms with Crippen molar-refractivity contribution in [3.63, 3.8) is 0 Å². The minimum Gasteiger partial charge on any atom is -0.439 e. The van der Waals surface area contributed by atoms with Gasteiger partial charge in [0, 0.05) is 12.1 Å². The maximum atomic E-state index is 11.0. The van der Waals surface area contributed by atoms with Gasteiger partial charge in [0.15, 0.2) is 5.76 Å². The minimum atomic E-state index is -0.417. The Bertz CT molecular complexity index is 605. The van der Waals surface area contributed by atoms with Gasteiger partial charge in [0.1, 0.15) is 0 Å². The second-order valence-electron chi connectivity index (χ2n) is 4.55. The van der Waals surface area contributed by atoms with E-state index in [1.165, 1.54) is 25.1 Å². The fourth-order valence-electron chi connectivity index (χ4n) is 1.88. The van der Waals surface area contributed by atoms with Gasteiger partial charge < -0.3 is 9.73 Å². The van der Waals surface area contributed by atoms with E-state index < -0.39 is 4.92 Å². The largest absolute Gasteiger partial charge is 0.439 e. The summed E-state index contributed by atoms with van der Waals surface area (Å²) in [7, 11) is 0. The second kappa shape index (κ2) is 4.81. The molecule has 1 fully saturated rings. The van der Waals surface area contributed by atoms with E-state index >= 15 is 0 Å². The highest BCUT2D eigenvalue weighted by Crippen LogP contribution is 2.30. The Labute approximate surface area is 109 Å². The van der Waals surface area contributed by atoms with Crippen molar-refractivity contribution in [1.29, 1.82) is 0 Å². The second-order valence-corrected chi connectivity index (χ2v) is 4.55. The van der Waals surface area contributed by atoms with Crippen molar-refractivity contribution in [2.45, 2.75) is 25.4 Å². The molecule has 6 nitrogen and oxygen atoms in total. The zero-order valence-electron chi connectivity index (χ0n) is 10.2. The third-order valence-corrected chi connectivity index (χ3v) is 3.04. The molecule has 1 aliphatic carbocycles. The lowest BCUT2D eigenvalue weighted by atomic mass is 10.1. The van der Waals surface area contributed by atoms with Crippen LogP contribution in [-0.4, -0.2) is 15.9 Å². The number of rotatable bonds is 5. The van der Waals surface area contributed by atoms with Crippen LogP contribution < -0.4 is 5.32 Å². The van der Waals surface area contributed by atoms with Crippen molar-refractivity contribution < 1.29 is 9.34 Å². The molecule has 0 atom stereocenters. The normalized spacial score (nSPS) is 14.5. The van der Waals surface area contributed by atoms with E-state index in [2.05, 4.69) is 10.3 Å². The molecule has 0 saturated heterocycles. The van der Waals surface area contributed by atoms with E-state index in [1.54, 1.807) is 18.2 Å². The number of hydrogen-bond donors (Lipinski definition) is 1. The molecular formula is C13H13N3O3. The number of oxazole rings is 1. The SMILES string of the molecule is O=[N+]([O-])c1ccccc1-c1cnc(CNC2CC2)o1. The van der Waals surface area contributed by atoms with Crippen LogP contribution in [0.4, 0.5) is 5.69 Å². The molecule has 1 N–H and O–H groups in total. The molecule has 98 valence electrons. The van der Waals surface area contributed by atoms with Crippen LogP contribution in [0, 0.1) is 10.1 Å². The van der Waals surface area contributed by atoms with Crippen LogP contribution in [0.2, 0.25) is 0 Å². The van der Waals surface area contributed by atoms with Gasteiger partial charge in [0.05, 0.1) is 23.2 Å². The number of benzene rings is 1. The third-order valence-electron chi connectivity index (χ3n) is 3.04. The van der Waals surface area contributed by atoms with Gasteiger partial charge in [-0.15, -0.1) is 0 Å². The van der Waals surface area contributed by atoms with Gasteiger partial charge in [-0.2, -0.15) is 0 Å². The standard InChI is InChI=1S/C13H13N3O3/c17-16(18)11-4-2-1-3-10(11)12-7-15-13(19-12)8-14-9-5-6-9/h1-4,7,9,14H,5-6,8H2. The fourth-order valence-corrected chi connectivity index (χ4v) is 1.88. The lowest BCUT2D eigenvalue weighted by Gasteiger charge is -1.99. The van der Waals surface area contributed by atoms with Gasteiger partial charge in [-0.1, -0.05) is 12.1 Å². The van der Waals surface area contributed by atoms with Crippen LogP contribution in [0.1, 0.15) is 18.7 Å². The summed E-state index contributed by atoms with van der Waals surface area (Å²) in [5.74, 6) is 0.986. The summed E-state index contributed by atoms with van der Waals surface area (Å²) in [6.07, 6.45) is 3.92. The highest BCUT2D eigenvalue weighted by atomic mass is 16.6. The van der Waals surface area contributed by atoms with Crippen molar-refractivity contribution in [3.05, 3.63) is 46.5 Å². The van der Waals surface area contributed by atoms with Crippen LogP contribution >= 0.6 is 0 Å². The maximum absolute atomic E-state index is 11.0. The van der Waals surface area contributed by atoms with Crippen LogP contribution in [0.15, 0.2) is 34.9 Å². The average molecular weight is 259 g/mol. The molecule has 0 radical (unpaired) electrons. The molecule has 19 heavy (non-hydrogen) atoms. The van der Waals surface area contributed by atoms with Crippen molar-refractivity contribution in [1.82, 2.24) is 10.3 Å². The van der Waals surface area contributed by atoms with Crippen LogP contribution in [0.3, 0.4) is 0 Å². The zero-order chi connectivity index (χ0) is 13.2. The van der Waals surface area contributed by atoms with Gasteiger partial charge in [0.2, 0.25) is 5.89 Å². The lowest BCUT2D eigenvalue weighted by molar-refractivity contribution is -0.384. The third kappa shape index (κ3) is 2.63. The predicted octanol–water partition coefficient (Wildman–Crippen LogP) is 2.50. The Morgan fingerprint density at radius 1 is 1.42 bits per heavy atom. The summed E-state index contributed by atoms with van der Waals surface area (Å²) < 4.78 is 5.56. The summed E-state index contributed by atoms with van der Waals surface area (Å²) in [6.45, 7) is 0.561. The Kier molecular flexibility index (Phi) is 3.00. The van der Waals surface area contributed by atoms with E-state index in [0.29, 0.717) is 29.8 Å². The Morgan fingerprint density at radius 2 is 2.21 bits per heavy atom. The number of aromatic nitrogens is 1. The molecular weight excluding hydrogens is 246 g/mol. The van der Waals surface area contributed by atoms with E-state index in [1.807, 2.05) is 0 Å². The number of hydrogen-bond acceptors (Lipinski definition) is 5. The van der Waals surface area contributed by atoms with Crippen molar-refractivity contribution in [2.75, 3.05) is 0 Å². The summed E-state index contributed by atoms with van der Waals surface area (Å²) in [6, 6.07) is 7.07. The van der Waals surface area contributed by atoms with Crippen LogP contribution in [0.5, 0.6) is 0 Å². The van der Waals surface area contributed by atoms with E-state index in [9.17, 15) is 10.1 Å². The molecule has 1 saturated carbocycles. The molecule has 3 rings (SSSR count). The first-order valence-corrected chi connectivity index (χ1v) is 6.16. The van der Waals surface area contributed by atoms with Gasteiger partial charge in [-0.3, -0.25) is 10.1 Å². The molecule has 6 heteroatoms. The molecule has 1 heterocycles. The Balaban J connectivity index is 1.83. The number of nitro benzene ring substituents is 1. The highest BCUT2D eigenvalue weighted by molar-refractivity contribution is 5.68. The summed E-state index contributed by atoms with van der Waals surface area (Å²) in [5.41, 5.74) is 0.484. The lowest BCUT2D eigenvalue weighted by Crippen LogP contribution is -2.15. The first-order valence-electron chi connectivity index (χ1n) is 6.16. The van der Waals surface area contributed by atoms with Gasteiger partial charge in [-0.25, -0.2) is 4.98 Å². The number of nitrogens with zero attached hydrogens (tertiary/aromatic N) is 2. The average Bonchev–Trinajstić information content (AvgIpc) is 3.13. The van der Waals surface area contributed by atoms with E-state index in [4.69, 9.17) is 4.42 Å². The first-order chi connectivity index (χ1) is 9.24. The number of para-hydroxylation sites is 1. The van der Waals surface area contributed by atoms with Gasteiger partial charge >= 0.3 is 0 Å². The number of nitrogens with one attached hydrogen (secondary N) is 1. The quantitative estimate of drug-likeness (QED) is 0.659. The summed E-state index contributed by atoms with van der Waals surface area (Å²) in [4.78, 5) is 14.7. The fraction of sp³-hybridized carbons (Fsp3) is 0.308. The molecule has 2 aromatic rings. The Hall–Kier alpha value is -2.21. The van der Waals surface area contributed by atoms with Crippen LogP contribution in [-0.2, 0) is 6.54 Å². The van der Waals surface area contributed by atoms with Crippen LogP contribution in [0.25, 0.3) is 11.3 Å². The molecule has 0 bridgehead atoms. The summed E-state index contributed by atoms with van der Waals surface area (Å²) >= 11 is 0. The summed E-state index contributed by atoms with van der Waals surface area (Å²) in [5, 5.41) is 14.2. The van der Waals surface area contributed by atoms with Gasteiger partial charge in [0.25, 0.3) is 5.69 Å². The zero-order valence-corrected chi connectivity index (χ0v) is 10.2. The molecule has 0 unspecified atom stereocenters. The molecule has 0 spiro atoms. The molecule has 1 aliphatic rings. The van der Waals surface area contributed by atoms with E-state index in [-0.39, 0.29) is 5.69 Å². The highest BCUT2D eigenvalue weighted by Gasteiger charge is 2.22. The smallest absolute Gasteiger partial charge is 0.280 e. The predicted molar refractivity (Wildman–Crippen MR) is 68.5 cm³/mol. The molecule has 0 amide bonds. The van der Waals surface area contributed by atoms with Crippen molar-refractivity contribution >= 4 is 5.69 Å². The van der Waals surface area contributed by atoms with Crippen molar-refractivity contribution in [3.8, 4) is 11.3 Å². The minimum absolute atomic E-state index is 0.0281. The Morgan fingerprint density at radius 3 is 2.95 bits per heavy atom. The van der Waals surface area contributed by atoms with Crippen molar-refractivity contribution in [2.24, 2.45) is 0 Å². The van der Waals surface area contributed by atoms with E-state index in [0.717, 1.165) is 0 Å². The maximum Gasteiger partial charge on any atom is 0.280 e. The molecule has 0 aliphatic heterocycles. The van der Waals surface area contributed by atoms with Gasteiger partial charge in [-0.05, 0) is 18.9 Å². The monoisotopic (exact) mass is 259 g/mol. The number of nitro groups is 1. The first kappa shape index (κ1) is 11.9. The molecule has 1 aromatic carbocycles. The molecule has 1 aromatic heterocycles. The topological polar surface area (TPSA) is 81.2 Å².